The van der Waals surface area contributed by atoms with Crippen molar-refractivity contribution in [3.05, 3.63) is 47.5 Å². The molecule has 1 atom stereocenters. The van der Waals surface area contributed by atoms with Gasteiger partial charge in [0.2, 0.25) is 10.0 Å². The number of hydrogen-bond acceptors (Lipinski definition) is 8. The summed E-state index contributed by atoms with van der Waals surface area (Å²) in [6.07, 6.45) is 7.51. The van der Waals surface area contributed by atoms with Gasteiger partial charge in [-0.1, -0.05) is 25.0 Å². The van der Waals surface area contributed by atoms with Gasteiger partial charge in [-0.25, -0.2) is 8.42 Å². The highest BCUT2D eigenvalue weighted by Gasteiger charge is 2.10. The zero-order valence-corrected chi connectivity index (χ0v) is 22.0. The lowest BCUT2D eigenvalue weighted by atomic mass is 10.1. The molecule has 0 saturated heterocycles. The molecule has 0 radical (unpaired) electrons. The molecule has 2 aromatic carbocycles. The number of anilines is 1. The second-order valence-corrected chi connectivity index (χ2v) is 10.6. The number of hydrogen-bond donors (Lipinski definition) is 5. The number of rotatable bonds is 18. The molecule has 0 amide bonds. The van der Waals surface area contributed by atoms with Crippen molar-refractivity contribution in [3.8, 4) is 17.2 Å². The van der Waals surface area contributed by atoms with E-state index in [1.54, 1.807) is 19.2 Å². The van der Waals surface area contributed by atoms with Crippen LogP contribution < -0.4 is 14.8 Å². The SMILES string of the molecule is COc1cc(CCCCOCCCCCCNC(O)Cc2ccc(O)c(NS(C)(=O)=O)c2)ccc1O. The molecular weight excluding hydrogens is 484 g/mol. The minimum absolute atomic E-state index is 0.0995. The number of unbranched alkanes of at least 4 members (excludes halogenated alkanes) is 4. The highest BCUT2D eigenvalue weighted by Crippen LogP contribution is 2.27. The highest BCUT2D eigenvalue weighted by molar-refractivity contribution is 7.92. The molecule has 0 aliphatic rings. The summed E-state index contributed by atoms with van der Waals surface area (Å²) in [5.74, 6) is 0.500. The van der Waals surface area contributed by atoms with Crippen molar-refractivity contribution in [1.82, 2.24) is 5.32 Å². The van der Waals surface area contributed by atoms with Crippen LogP contribution in [0.25, 0.3) is 0 Å². The third-order valence-corrected chi connectivity index (χ3v) is 6.22. The molecule has 2 rings (SSSR count). The average Bonchev–Trinajstić information content (AvgIpc) is 2.82. The van der Waals surface area contributed by atoms with Gasteiger partial charge in [-0.2, -0.15) is 0 Å². The van der Waals surface area contributed by atoms with E-state index < -0.39 is 16.3 Å². The van der Waals surface area contributed by atoms with Crippen molar-refractivity contribution < 1.29 is 33.2 Å². The largest absolute Gasteiger partial charge is 0.506 e. The molecule has 0 bridgehead atoms. The van der Waals surface area contributed by atoms with Crippen molar-refractivity contribution in [2.75, 3.05) is 37.8 Å². The zero-order chi connectivity index (χ0) is 26.4. The Bertz CT molecular complexity index is 1030. The number of phenolic OH excluding ortho intramolecular Hbond substituents is 2. The Kier molecular flexibility index (Phi) is 12.8. The van der Waals surface area contributed by atoms with Crippen molar-refractivity contribution in [3.63, 3.8) is 0 Å². The minimum Gasteiger partial charge on any atom is -0.506 e. The van der Waals surface area contributed by atoms with Crippen LogP contribution in [0.2, 0.25) is 0 Å². The van der Waals surface area contributed by atoms with Gasteiger partial charge in [0.1, 0.15) is 12.0 Å². The molecule has 1 unspecified atom stereocenters. The zero-order valence-electron chi connectivity index (χ0n) is 21.2. The van der Waals surface area contributed by atoms with Crippen LogP contribution in [0.1, 0.15) is 49.7 Å². The van der Waals surface area contributed by atoms with Crippen LogP contribution in [0.4, 0.5) is 5.69 Å². The van der Waals surface area contributed by atoms with Gasteiger partial charge in [0, 0.05) is 19.6 Å². The maximum atomic E-state index is 11.4. The van der Waals surface area contributed by atoms with Gasteiger partial charge in [0.05, 0.1) is 19.1 Å². The minimum atomic E-state index is -3.50. The Hall–Kier alpha value is -2.53. The predicted octanol–water partition coefficient (Wildman–Crippen LogP) is 3.53. The van der Waals surface area contributed by atoms with Crippen LogP contribution in [0.15, 0.2) is 36.4 Å². The van der Waals surface area contributed by atoms with E-state index >= 15 is 0 Å². The quantitative estimate of drug-likeness (QED) is 0.113. The van der Waals surface area contributed by atoms with Gasteiger partial charge in [0.15, 0.2) is 11.5 Å². The van der Waals surface area contributed by atoms with E-state index in [0.717, 1.165) is 70.0 Å². The number of aromatic hydroxyl groups is 2. The van der Waals surface area contributed by atoms with Crippen molar-refractivity contribution in [2.24, 2.45) is 0 Å². The van der Waals surface area contributed by atoms with Crippen molar-refractivity contribution in [2.45, 2.75) is 57.6 Å². The molecule has 202 valence electrons. The number of methoxy groups -OCH3 is 1. The molecule has 0 aromatic heterocycles. The lowest BCUT2D eigenvalue weighted by molar-refractivity contribution is 0.125. The van der Waals surface area contributed by atoms with Gasteiger partial charge in [-0.15, -0.1) is 0 Å². The maximum absolute atomic E-state index is 11.4. The normalized spacial score (nSPS) is 12.4. The second-order valence-electron chi connectivity index (χ2n) is 8.89. The topological polar surface area (TPSA) is 137 Å². The Morgan fingerprint density at radius 2 is 1.56 bits per heavy atom. The molecule has 36 heavy (non-hydrogen) atoms. The molecule has 0 heterocycles. The van der Waals surface area contributed by atoms with Crippen LogP contribution in [0.5, 0.6) is 17.2 Å². The predicted molar refractivity (Wildman–Crippen MR) is 141 cm³/mol. The van der Waals surface area contributed by atoms with Crippen LogP contribution in [-0.2, 0) is 27.6 Å². The molecule has 9 nitrogen and oxygen atoms in total. The summed E-state index contributed by atoms with van der Waals surface area (Å²) in [5.41, 5.74) is 1.95. The summed E-state index contributed by atoms with van der Waals surface area (Å²) >= 11 is 0. The first-order valence-electron chi connectivity index (χ1n) is 12.3. The summed E-state index contributed by atoms with van der Waals surface area (Å²) in [7, 11) is -1.95. The molecule has 0 aliphatic carbocycles. The molecule has 10 heteroatoms. The summed E-state index contributed by atoms with van der Waals surface area (Å²) in [4.78, 5) is 0. The third kappa shape index (κ3) is 11.9. The number of aliphatic hydroxyl groups is 1. The molecule has 2 aromatic rings. The van der Waals surface area contributed by atoms with E-state index in [0.29, 0.717) is 24.3 Å². The summed E-state index contributed by atoms with van der Waals surface area (Å²) in [6.45, 7) is 2.16. The Morgan fingerprint density at radius 3 is 2.28 bits per heavy atom. The third-order valence-electron chi connectivity index (χ3n) is 5.63. The molecule has 0 spiro atoms. The Balaban J connectivity index is 1.47. The first kappa shape index (κ1) is 29.7. The first-order chi connectivity index (χ1) is 17.2. The van der Waals surface area contributed by atoms with Crippen molar-refractivity contribution >= 4 is 15.7 Å². The number of benzene rings is 2. The van der Waals surface area contributed by atoms with Gasteiger partial charge in [-0.3, -0.25) is 10.0 Å². The number of nitrogens with one attached hydrogen (secondary N) is 2. The van der Waals surface area contributed by atoms with E-state index in [4.69, 9.17) is 9.47 Å². The molecular formula is C26H40N2O7S. The van der Waals surface area contributed by atoms with E-state index in [2.05, 4.69) is 10.0 Å². The smallest absolute Gasteiger partial charge is 0.229 e. The maximum Gasteiger partial charge on any atom is 0.229 e. The van der Waals surface area contributed by atoms with Crippen LogP contribution in [0, 0.1) is 0 Å². The standard InChI is InChI=1S/C26H40N2O7S/c1-34-25-18-20(10-13-24(25)30)9-5-8-16-35-15-7-4-3-6-14-27-26(31)19-21-11-12-23(29)22(17-21)28-36(2,32)33/h10-13,17-18,26-31H,3-9,14-16,19H2,1-2H3. The summed E-state index contributed by atoms with van der Waals surface area (Å²) in [6, 6.07) is 10.0. The number of phenols is 2. The Morgan fingerprint density at radius 1 is 0.889 bits per heavy atom. The molecule has 5 N–H and O–H groups in total. The van der Waals surface area contributed by atoms with Crippen LogP contribution in [0.3, 0.4) is 0 Å². The van der Waals surface area contributed by atoms with Crippen LogP contribution >= 0.6 is 0 Å². The summed E-state index contributed by atoms with van der Waals surface area (Å²) < 4.78 is 35.9. The van der Waals surface area contributed by atoms with E-state index in [1.807, 2.05) is 12.1 Å². The fourth-order valence-corrected chi connectivity index (χ4v) is 4.31. The lowest BCUT2D eigenvalue weighted by Gasteiger charge is -2.14. The molecule has 0 saturated carbocycles. The van der Waals surface area contributed by atoms with E-state index in [1.165, 1.54) is 12.1 Å². The molecule has 0 fully saturated rings. The second kappa shape index (κ2) is 15.6. The number of aliphatic hydroxyl groups excluding tert-OH is 1. The van der Waals surface area contributed by atoms with Crippen LogP contribution in [-0.4, -0.2) is 63.1 Å². The fraction of sp³-hybridized carbons (Fsp3) is 0.538. The van der Waals surface area contributed by atoms with Gasteiger partial charge in [-0.05, 0) is 74.0 Å². The first-order valence-corrected chi connectivity index (χ1v) is 14.2. The van der Waals surface area contributed by atoms with E-state index in [9.17, 15) is 23.7 Å². The van der Waals surface area contributed by atoms with Gasteiger partial charge >= 0.3 is 0 Å². The molecule has 0 aliphatic heterocycles. The number of ether oxygens (including phenoxy) is 2. The van der Waals surface area contributed by atoms with E-state index in [-0.39, 0.29) is 17.2 Å². The highest BCUT2D eigenvalue weighted by atomic mass is 32.2. The average molecular weight is 525 g/mol. The van der Waals surface area contributed by atoms with Gasteiger partial charge in [0.25, 0.3) is 0 Å². The van der Waals surface area contributed by atoms with Gasteiger partial charge < -0.3 is 24.8 Å². The fourth-order valence-electron chi connectivity index (χ4n) is 3.75. The van der Waals surface area contributed by atoms with Crippen molar-refractivity contribution in [1.29, 1.82) is 0 Å². The number of sulfonamides is 1. The number of aryl methyl sites for hydroxylation is 1. The Labute approximate surface area is 214 Å². The lowest BCUT2D eigenvalue weighted by Crippen LogP contribution is -2.31. The monoisotopic (exact) mass is 524 g/mol. The summed E-state index contributed by atoms with van der Waals surface area (Å²) in [5, 5.41) is 32.7.